The normalized spacial score (nSPS) is 14.6. The van der Waals surface area contributed by atoms with Gasteiger partial charge in [0.2, 0.25) is 15.9 Å². The number of carbonyl (C=O) groups excluding carboxylic acids is 1. The molecule has 8 nitrogen and oxygen atoms in total. The number of fused-ring (bicyclic) bond motifs is 2. The summed E-state index contributed by atoms with van der Waals surface area (Å²) in [5, 5.41) is 3.18. The Morgan fingerprint density at radius 3 is 2.58 bits per heavy atom. The lowest BCUT2D eigenvalue weighted by Crippen LogP contribution is -2.47. The van der Waals surface area contributed by atoms with Gasteiger partial charge in [0, 0.05) is 6.07 Å². The molecule has 0 spiro atoms. The van der Waals surface area contributed by atoms with Crippen molar-refractivity contribution in [2.45, 2.75) is 31.7 Å². The van der Waals surface area contributed by atoms with Gasteiger partial charge < -0.3 is 14.8 Å². The van der Waals surface area contributed by atoms with E-state index >= 15 is 0 Å². The Kier molecular flexibility index (Phi) is 5.87. The highest BCUT2D eigenvalue weighted by Crippen LogP contribution is 2.32. The Labute approximate surface area is 184 Å². The lowest BCUT2D eigenvalue weighted by atomic mass is 10.1. The van der Waals surface area contributed by atoms with E-state index in [4.69, 9.17) is 9.47 Å². The van der Waals surface area contributed by atoms with Gasteiger partial charge in [-0.15, -0.1) is 0 Å². The summed E-state index contributed by atoms with van der Waals surface area (Å²) in [6.45, 7) is 6.30. The molecule has 10 heteroatoms. The van der Waals surface area contributed by atoms with Crippen LogP contribution in [0, 0.1) is 12.8 Å². The number of thiazole rings is 1. The zero-order valence-corrected chi connectivity index (χ0v) is 19.0. The standard InChI is InChI=1S/C21H23N3O5S2/c1-12(2)19(20(25)23-21-22-15-6-4-13(3)10-18(15)30-21)24-31(26,27)14-5-7-16-17(11-14)29-9-8-28-16/h4-7,10-12,19,24H,8-9H2,1-3H3,(H,22,23,25). The molecule has 2 aromatic carbocycles. The van der Waals surface area contributed by atoms with Crippen LogP contribution in [0.5, 0.6) is 11.5 Å². The summed E-state index contributed by atoms with van der Waals surface area (Å²) in [7, 11) is -3.97. The van der Waals surface area contributed by atoms with Gasteiger partial charge in [-0.25, -0.2) is 13.4 Å². The highest BCUT2D eigenvalue weighted by Gasteiger charge is 2.30. The Hall–Kier alpha value is -2.69. The Balaban J connectivity index is 1.54. The van der Waals surface area contributed by atoms with E-state index in [1.54, 1.807) is 19.9 Å². The van der Waals surface area contributed by atoms with Gasteiger partial charge in [-0.3, -0.25) is 4.79 Å². The van der Waals surface area contributed by atoms with Crippen LogP contribution >= 0.6 is 11.3 Å². The molecule has 1 atom stereocenters. The molecule has 1 amide bonds. The maximum Gasteiger partial charge on any atom is 0.244 e. The molecule has 0 saturated carbocycles. The van der Waals surface area contributed by atoms with Crippen molar-refractivity contribution >= 4 is 42.6 Å². The van der Waals surface area contributed by atoms with Crippen LogP contribution in [0.2, 0.25) is 0 Å². The third-order valence-corrected chi connectivity index (χ3v) is 7.20. The number of carbonyl (C=O) groups is 1. The Morgan fingerprint density at radius 1 is 1.10 bits per heavy atom. The SMILES string of the molecule is Cc1ccc2nc(NC(=O)C(NS(=O)(=O)c3ccc4c(c3)OCCO4)C(C)C)sc2c1. The van der Waals surface area contributed by atoms with Crippen molar-refractivity contribution < 1.29 is 22.7 Å². The van der Waals surface area contributed by atoms with E-state index in [2.05, 4.69) is 15.0 Å². The van der Waals surface area contributed by atoms with Gasteiger partial charge in [0.25, 0.3) is 0 Å². The number of sulfonamides is 1. The van der Waals surface area contributed by atoms with E-state index in [1.165, 1.54) is 23.5 Å². The van der Waals surface area contributed by atoms with E-state index in [0.29, 0.717) is 29.8 Å². The van der Waals surface area contributed by atoms with E-state index in [0.717, 1.165) is 15.8 Å². The predicted molar refractivity (Wildman–Crippen MR) is 119 cm³/mol. The number of aryl methyl sites for hydroxylation is 1. The molecule has 3 aromatic rings. The van der Waals surface area contributed by atoms with Crippen molar-refractivity contribution in [1.82, 2.24) is 9.71 Å². The van der Waals surface area contributed by atoms with Crippen molar-refractivity contribution in [3.8, 4) is 11.5 Å². The van der Waals surface area contributed by atoms with Gasteiger partial charge in [0.05, 0.1) is 15.1 Å². The van der Waals surface area contributed by atoms with E-state index < -0.39 is 22.0 Å². The van der Waals surface area contributed by atoms with E-state index in [1.807, 2.05) is 25.1 Å². The molecule has 1 unspecified atom stereocenters. The molecule has 1 aliphatic heterocycles. The Bertz CT molecular complexity index is 1240. The maximum absolute atomic E-state index is 13.0. The number of amides is 1. The first-order valence-corrected chi connectivity index (χ1v) is 12.1. The molecular formula is C21H23N3O5S2. The van der Waals surface area contributed by atoms with Gasteiger partial charge >= 0.3 is 0 Å². The summed E-state index contributed by atoms with van der Waals surface area (Å²) in [4.78, 5) is 17.3. The zero-order valence-electron chi connectivity index (χ0n) is 17.3. The topological polar surface area (TPSA) is 107 Å². The largest absolute Gasteiger partial charge is 0.486 e. The second kappa shape index (κ2) is 8.45. The van der Waals surface area contributed by atoms with Crippen molar-refractivity contribution in [1.29, 1.82) is 0 Å². The van der Waals surface area contributed by atoms with E-state index in [9.17, 15) is 13.2 Å². The first kappa shape index (κ1) is 21.5. The van der Waals surface area contributed by atoms with Gasteiger partial charge in [-0.2, -0.15) is 4.72 Å². The summed E-state index contributed by atoms with van der Waals surface area (Å²) in [5.74, 6) is 0.106. The molecule has 0 bridgehead atoms. The van der Waals surface area contributed by atoms with Crippen molar-refractivity contribution in [2.24, 2.45) is 5.92 Å². The van der Waals surface area contributed by atoms with Crippen LogP contribution in [0.3, 0.4) is 0 Å². The second-order valence-electron chi connectivity index (χ2n) is 7.63. The summed E-state index contributed by atoms with van der Waals surface area (Å²) >= 11 is 1.35. The summed E-state index contributed by atoms with van der Waals surface area (Å²) < 4.78 is 40.3. The predicted octanol–water partition coefficient (Wildman–Crippen LogP) is 3.32. The number of benzene rings is 2. The fraction of sp³-hybridized carbons (Fsp3) is 0.333. The lowest BCUT2D eigenvalue weighted by Gasteiger charge is -2.22. The van der Waals surface area contributed by atoms with Gasteiger partial charge in [-0.05, 0) is 42.7 Å². The van der Waals surface area contributed by atoms with E-state index in [-0.39, 0.29) is 10.8 Å². The van der Waals surface area contributed by atoms with Crippen LogP contribution in [0.4, 0.5) is 5.13 Å². The molecule has 0 aliphatic carbocycles. The molecule has 4 rings (SSSR count). The quantitative estimate of drug-likeness (QED) is 0.583. The Morgan fingerprint density at radius 2 is 1.84 bits per heavy atom. The third kappa shape index (κ3) is 4.65. The van der Waals surface area contributed by atoms with Crippen molar-refractivity contribution in [2.75, 3.05) is 18.5 Å². The van der Waals surface area contributed by atoms with Crippen LogP contribution in [-0.2, 0) is 14.8 Å². The number of rotatable bonds is 6. The van der Waals surface area contributed by atoms with Gasteiger partial charge in [0.15, 0.2) is 16.6 Å². The number of anilines is 1. The molecule has 0 saturated heterocycles. The molecule has 1 aromatic heterocycles. The second-order valence-corrected chi connectivity index (χ2v) is 10.4. The number of hydrogen-bond donors (Lipinski definition) is 2. The van der Waals surface area contributed by atoms with Crippen molar-refractivity contribution in [3.63, 3.8) is 0 Å². The average molecular weight is 462 g/mol. The number of hydrogen-bond acceptors (Lipinski definition) is 7. The molecular weight excluding hydrogens is 438 g/mol. The molecule has 31 heavy (non-hydrogen) atoms. The van der Waals surface area contributed by atoms with Crippen LogP contribution in [0.1, 0.15) is 19.4 Å². The fourth-order valence-corrected chi connectivity index (χ4v) is 5.51. The zero-order chi connectivity index (χ0) is 22.2. The van der Waals surface area contributed by atoms with Gasteiger partial charge in [-0.1, -0.05) is 31.3 Å². The van der Waals surface area contributed by atoms with Crippen LogP contribution in [-0.4, -0.2) is 38.6 Å². The highest BCUT2D eigenvalue weighted by molar-refractivity contribution is 7.89. The minimum atomic E-state index is -3.97. The maximum atomic E-state index is 13.0. The van der Waals surface area contributed by atoms with Crippen LogP contribution in [0.15, 0.2) is 41.3 Å². The van der Waals surface area contributed by atoms with Crippen LogP contribution in [0.25, 0.3) is 10.2 Å². The third-order valence-electron chi connectivity index (χ3n) is 4.83. The number of aromatic nitrogens is 1. The first-order chi connectivity index (χ1) is 14.7. The summed E-state index contributed by atoms with van der Waals surface area (Å²) in [5.41, 5.74) is 1.88. The molecule has 1 aliphatic rings. The molecule has 0 fully saturated rings. The highest BCUT2D eigenvalue weighted by atomic mass is 32.2. The number of nitrogens with zero attached hydrogens (tertiary/aromatic N) is 1. The summed E-state index contributed by atoms with van der Waals surface area (Å²) in [6.07, 6.45) is 0. The molecule has 2 N–H and O–H groups in total. The lowest BCUT2D eigenvalue weighted by molar-refractivity contribution is -0.118. The smallest absolute Gasteiger partial charge is 0.244 e. The van der Waals surface area contributed by atoms with Gasteiger partial charge in [0.1, 0.15) is 19.3 Å². The van der Waals surface area contributed by atoms with Crippen LogP contribution < -0.4 is 19.5 Å². The minimum Gasteiger partial charge on any atom is -0.486 e. The minimum absolute atomic E-state index is 0.00524. The monoisotopic (exact) mass is 461 g/mol. The molecule has 0 radical (unpaired) electrons. The first-order valence-electron chi connectivity index (χ1n) is 9.83. The molecule has 164 valence electrons. The number of ether oxygens (including phenoxy) is 2. The summed E-state index contributed by atoms with van der Waals surface area (Å²) in [6, 6.07) is 9.24. The molecule has 2 heterocycles. The van der Waals surface area contributed by atoms with Crippen molar-refractivity contribution in [3.05, 3.63) is 42.0 Å². The fourth-order valence-electron chi connectivity index (χ4n) is 3.19. The average Bonchev–Trinajstić information content (AvgIpc) is 3.12. The number of nitrogens with one attached hydrogen (secondary N) is 2.